The third-order valence-corrected chi connectivity index (χ3v) is 3.40. The van der Waals surface area contributed by atoms with Gasteiger partial charge >= 0.3 is 0 Å². The zero-order valence-corrected chi connectivity index (χ0v) is 9.14. The predicted octanol–water partition coefficient (Wildman–Crippen LogP) is 4.10. The largest absolute Gasteiger partial charge is 0.0628 e. The van der Waals surface area contributed by atoms with Crippen LogP contribution in [0, 0.1) is 23.7 Å². The van der Waals surface area contributed by atoms with Crippen molar-refractivity contribution in [3.63, 3.8) is 0 Å². The maximum Gasteiger partial charge on any atom is -0.0384 e. The molecule has 0 heteroatoms. The second-order valence-corrected chi connectivity index (χ2v) is 5.29. The first-order valence-electron chi connectivity index (χ1n) is 5.59. The Balaban J connectivity index is 2.38. The quantitative estimate of drug-likeness (QED) is 0.582. The second-order valence-electron chi connectivity index (χ2n) is 5.29. The van der Waals surface area contributed by atoms with Crippen molar-refractivity contribution in [1.29, 1.82) is 0 Å². The summed E-state index contributed by atoms with van der Waals surface area (Å²) in [4.78, 5) is 0. The van der Waals surface area contributed by atoms with Gasteiger partial charge in [0.2, 0.25) is 0 Å². The molecule has 1 fully saturated rings. The summed E-state index contributed by atoms with van der Waals surface area (Å²) in [6, 6.07) is 0. The van der Waals surface area contributed by atoms with Crippen molar-refractivity contribution in [2.24, 2.45) is 23.7 Å². The molecule has 0 N–H and O–H groups in total. The summed E-state index contributed by atoms with van der Waals surface area (Å²) in [5.41, 5.74) is 0. The monoisotopic (exact) mass is 168 g/mol. The fraction of sp³-hybridized carbons (Fsp3) is 1.00. The molecule has 0 saturated heterocycles. The minimum Gasteiger partial charge on any atom is -0.0628 e. The second kappa shape index (κ2) is 4.30. The van der Waals surface area contributed by atoms with Crippen LogP contribution in [-0.4, -0.2) is 0 Å². The zero-order chi connectivity index (χ0) is 9.14. The molecule has 1 saturated carbocycles. The van der Waals surface area contributed by atoms with Crippen molar-refractivity contribution in [2.75, 3.05) is 0 Å². The van der Waals surface area contributed by atoms with Crippen molar-refractivity contribution in [2.45, 2.75) is 53.4 Å². The highest BCUT2D eigenvalue weighted by atomic mass is 14.3. The minimum atomic E-state index is 0.891. The summed E-state index contributed by atoms with van der Waals surface area (Å²) < 4.78 is 0. The third kappa shape index (κ3) is 2.80. The Labute approximate surface area is 77.7 Å². The lowest BCUT2D eigenvalue weighted by Gasteiger charge is -2.33. The van der Waals surface area contributed by atoms with E-state index in [1.165, 1.54) is 25.7 Å². The van der Waals surface area contributed by atoms with Crippen LogP contribution in [0.25, 0.3) is 0 Å². The SMILES string of the molecule is CC(C)C[C@H]1CC(C)CC[C@@H]1C. The molecule has 12 heavy (non-hydrogen) atoms. The highest BCUT2D eigenvalue weighted by Gasteiger charge is 2.25. The van der Waals surface area contributed by atoms with Crippen LogP contribution in [0.3, 0.4) is 0 Å². The normalized spacial score (nSPS) is 37.2. The van der Waals surface area contributed by atoms with Gasteiger partial charge in [0, 0.05) is 0 Å². The van der Waals surface area contributed by atoms with Crippen LogP contribution < -0.4 is 0 Å². The van der Waals surface area contributed by atoms with Gasteiger partial charge in [-0.15, -0.1) is 0 Å². The molecular formula is C12H24. The van der Waals surface area contributed by atoms with Crippen LogP contribution in [0.2, 0.25) is 0 Å². The molecule has 0 nitrogen and oxygen atoms in total. The predicted molar refractivity (Wildman–Crippen MR) is 55.1 cm³/mol. The zero-order valence-electron chi connectivity index (χ0n) is 9.14. The summed E-state index contributed by atoms with van der Waals surface area (Å²) in [5, 5.41) is 0. The van der Waals surface area contributed by atoms with E-state index in [0.29, 0.717) is 0 Å². The molecule has 3 atom stereocenters. The van der Waals surface area contributed by atoms with Gasteiger partial charge in [-0.3, -0.25) is 0 Å². The Hall–Kier alpha value is 0. The van der Waals surface area contributed by atoms with E-state index in [1.807, 2.05) is 0 Å². The van der Waals surface area contributed by atoms with E-state index in [4.69, 9.17) is 0 Å². The van der Waals surface area contributed by atoms with Crippen LogP contribution in [0.5, 0.6) is 0 Å². The molecule has 1 rings (SSSR count). The smallest absolute Gasteiger partial charge is 0.0384 e. The van der Waals surface area contributed by atoms with Gasteiger partial charge < -0.3 is 0 Å². The maximum atomic E-state index is 2.44. The Kier molecular flexibility index (Phi) is 3.61. The Bertz CT molecular complexity index is 124. The molecule has 0 radical (unpaired) electrons. The van der Waals surface area contributed by atoms with Crippen molar-refractivity contribution in [1.82, 2.24) is 0 Å². The van der Waals surface area contributed by atoms with Gasteiger partial charge in [-0.1, -0.05) is 40.5 Å². The molecule has 0 aromatic carbocycles. The Morgan fingerprint density at radius 3 is 2.42 bits per heavy atom. The molecule has 0 spiro atoms. The van der Waals surface area contributed by atoms with E-state index < -0.39 is 0 Å². The average Bonchev–Trinajstić information content (AvgIpc) is 1.96. The summed E-state index contributed by atoms with van der Waals surface area (Å²) in [6.07, 6.45) is 5.87. The molecule has 0 aromatic rings. The van der Waals surface area contributed by atoms with E-state index in [0.717, 1.165) is 23.7 Å². The topological polar surface area (TPSA) is 0 Å². The number of hydrogen-bond acceptors (Lipinski definition) is 0. The molecule has 0 amide bonds. The van der Waals surface area contributed by atoms with Crippen LogP contribution in [-0.2, 0) is 0 Å². The lowest BCUT2D eigenvalue weighted by atomic mass is 9.72. The van der Waals surface area contributed by atoms with Crippen LogP contribution in [0.1, 0.15) is 53.4 Å². The van der Waals surface area contributed by atoms with Crippen LogP contribution in [0.4, 0.5) is 0 Å². The molecule has 1 aliphatic rings. The Morgan fingerprint density at radius 1 is 1.17 bits per heavy atom. The molecule has 0 heterocycles. The van der Waals surface area contributed by atoms with Gasteiger partial charge in [-0.05, 0) is 36.5 Å². The molecule has 0 aliphatic heterocycles. The molecule has 1 unspecified atom stereocenters. The third-order valence-electron chi connectivity index (χ3n) is 3.40. The fourth-order valence-corrected chi connectivity index (χ4v) is 2.58. The summed E-state index contributed by atoms with van der Waals surface area (Å²) in [7, 11) is 0. The highest BCUT2D eigenvalue weighted by Crippen LogP contribution is 2.36. The van der Waals surface area contributed by atoms with Crippen molar-refractivity contribution < 1.29 is 0 Å². The van der Waals surface area contributed by atoms with E-state index >= 15 is 0 Å². The lowest BCUT2D eigenvalue weighted by Crippen LogP contribution is -2.22. The first-order valence-corrected chi connectivity index (χ1v) is 5.59. The number of hydrogen-bond donors (Lipinski definition) is 0. The van der Waals surface area contributed by atoms with Gasteiger partial charge in [0.15, 0.2) is 0 Å². The first kappa shape index (κ1) is 10.1. The lowest BCUT2D eigenvalue weighted by molar-refractivity contribution is 0.177. The van der Waals surface area contributed by atoms with E-state index in [-0.39, 0.29) is 0 Å². The van der Waals surface area contributed by atoms with Gasteiger partial charge in [-0.25, -0.2) is 0 Å². The molecule has 0 bridgehead atoms. The van der Waals surface area contributed by atoms with Gasteiger partial charge in [0.05, 0.1) is 0 Å². The average molecular weight is 168 g/mol. The van der Waals surface area contributed by atoms with Crippen molar-refractivity contribution >= 4 is 0 Å². The summed E-state index contributed by atoms with van der Waals surface area (Å²) in [5.74, 6) is 3.89. The summed E-state index contributed by atoms with van der Waals surface area (Å²) >= 11 is 0. The maximum absolute atomic E-state index is 2.44. The highest BCUT2D eigenvalue weighted by molar-refractivity contribution is 4.76. The van der Waals surface area contributed by atoms with Crippen LogP contribution >= 0.6 is 0 Å². The van der Waals surface area contributed by atoms with E-state index in [9.17, 15) is 0 Å². The molecule has 0 aromatic heterocycles. The van der Waals surface area contributed by atoms with Crippen molar-refractivity contribution in [3.8, 4) is 0 Å². The standard InChI is InChI=1S/C12H24/c1-9(2)7-12-8-10(3)5-6-11(12)4/h9-12H,5-8H2,1-4H3/t10?,11-,12-/m0/s1. The Morgan fingerprint density at radius 2 is 1.83 bits per heavy atom. The van der Waals surface area contributed by atoms with Crippen LogP contribution in [0.15, 0.2) is 0 Å². The molecule has 1 aliphatic carbocycles. The number of rotatable bonds is 2. The molecular weight excluding hydrogens is 144 g/mol. The first-order chi connectivity index (χ1) is 5.59. The fourth-order valence-electron chi connectivity index (χ4n) is 2.58. The molecule has 72 valence electrons. The van der Waals surface area contributed by atoms with Gasteiger partial charge in [0.1, 0.15) is 0 Å². The minimum absolute atomic E-state index is 0.891. The van der Waals surface area contributed by atoms with E-state index in [2.05, 4.69) is 27.7 Å². The summed E-state index contributed by atoms with van der Waals surface area (Å²) in [6.45, 7) is 9.57. The van der Waals surface area contributed by atoms with Gasteiger partial charge in [-0.2, -0.15) is 0 Å². The van der Waals surface area contributed by atoms with E-state index in [1.54, 1.807) is 0 Å². The van der Waals surface area contributed by atoms with Crippen molar-refractivity contribution in [3.05, 3.63) is 0 Å². The van der Waals surface area contributed by atoms with Gasteiger partial charge in [0.25, 0.3) is 0 Å².